The van der Waals surface area contributed by atoms with Crippen molar-refractivity contribution < 1.29 is 18.0 Å². The normalized spacial score (nSPS) is 12.5. The van der Waals surface area contributed by atoms with Gasteiger partial charge in [-0.3, -0.25) is 0 Å². The fraction of sp³-hybridized carbons (Fsp3) is 0.188. The summed E-state index contributed by atoms with van der Waals surface area (Å²) >= 11 is -0.192. The van der Waals surface area contributed by atoms with E-state index in [0.29, 0.717) is 5.69 Å². The van der Waals surface area contributed by atoms with E-state index < -0.39 is 11.5 Å². The van der Waals surface area contributed by atoms with Gasteiger partial charge >= 0.3 is 11.5 Å². The van der Waals surface area contributed by atoms with E-state index in [1.807, 2.05) is 37.3 Å². The molecule has 0 saturated carbocycles. The van der Waals surface area contributed by atoms with Crippen molar-refractivity contribution in [1.29, 1.82) is 0 Å². The van der Waals surface area contributed by atoms with E-state index in [-0.39, 0.29) is 22.7 Å². The van der Waals surface area contributed by atoms with Crippen molar-refractivity contribution in [3.05, 3.63) is 60.2 Å². The summed E-state index contributed by atoms with van der Waals surface area (Å²) in [6.07, 6.45) is 0. The number of halogens is 3. The topological polar surface area (TPSA) is 41.1 Å². The van der Waals surface area contributed by atoms with Crippen LogP contribution >= 0.6 is 11.8 Å². The number of hydrogen-bond acceptors (Lipinski definition) is 2. The molecule has 7 heteroatoms. The average Bonchev–Trinajstić information content (AvgIpc) is 2.48. The fourth-order valence-corrected chi connectivity index (χ4v) is 2.47. The maximum atomic E-state index is 12.2. The summed E-state index contributed by atoms with van der Waals surface area (Å²) < 4.78 is 36.7. The molecule has 0 aromatic heterocycles. The third-order valence-electron chi connectivity index (χ3n) is 2.99. The fourth-order valence-electron chi connectivity index (χ4n) is 1.93. The van der Waals surface area contributed by atoms with E-state index in [1.165, 1.54) is 24.3 Å². The molecule has 0 radical (unpaired) electrons. The molecule has 23 heavy (non-hydrogen) atoms. The average molecular weight is 340 g/mol. The number of hydrogen-bond donors (Lipinski definition) is 2. The minimum atomic E-state index is -4.32. The van der Waals surface area contributed by atoms with Crippen LogP contribution in [0.25, 0.3) is 0 Å². The minimum absolute atomic E-state index is 0.0705. The van der Waals surface area contributed by atoms with E-state index in [0.717, 1.165) is 5.56 Å². The maximum absolute atomic E-state index is 12.2. The molecule has 0 aliphatic carbocycles. The molecule has 2 aromatic carbocycles. The first kappa shape index (κ1) is 17.2. The van der Waals surface area contributed by atoms with Crippen LogP contribution in [0, 0.1) is 0 Å². The lowest BCUT2D eigenvalue weighted by Gasteiger charge is -2.15. The molecule has 0 saturated heterocycles. The molecular weight excluding hydrogens is 325 g/mol. The first-order chi connectivity index (χ1) is 10.8. The van der Waals surface area contributed by atoms with Crippen LogP contribution in [-0.4, -0.2) is 11.5 Å². The SMILES string of the molecule is CC(NC(=O)Nc1ccc(SC(F)(F)F)cc1)c1ccccc1. The number of carbonyl (C=O) groups excluding carboxylic acids is 1. The molecule has 0 bridgehead atoms. The quantitative estimate of drug-likeness (QED) is 0.753. The molecule has 2 amide bonds. The number of urea groups is 1. The van der Waals surface area contributed by atoms with Gasteiger partial charge in [-0.1, -0.05) is 30.3 Å². The Morgan fingerprint density at radius 3 is 2.22 bits per heavy atom. The summed E-state index contributed by atoms with van der Waals surface area (Å²) in [5, 5.41) is 5.35. The van der Waals surface area contributed by atoms with Gasteiger partial charge in [0.1, 0.15) is 0 Å². The number of anilines is 1. The Bertz CT molecular complexity index is 645. The number of rotatable bonds is 4. The summed E-state index contributed by atoms with van der Waals surface area (Å²) in [7, 11) is 0. The Morgan fingerprint density at radius 2 is 1.65 bits per heavy atom. The van der Waals surface area contributed by atoms with Gasteiger partial charge in [-0.25, -0.2) is 4.79 Å². The minimum Gasteiger partial charge on any atom is -0.331 e. The Hall–Kier alpha value is -2.15. The first-order valence-electron chi connectivity index (χ1n) is 6.82. The highest BCUT2D eigenvalue weighted by molar-refractivity contribution is 8.00. The molecule has 0 aliphatic heterocycles. The third kappa shape index (κ3) is 5.86. The predicted molar refractivity (Wildman–Crippen MR) is 85.4 cm³/mol. The van der Waals surface area contributed by atoms with Crippen molar-refractivity contribution in [3.63, 3.8) is 0 Å². The first-order valence-corrected chi connectivity index (χ1v) is 7.63. The second kappa shape index (κ2) is 7.41. The van der Waals surface area contributed by atoms with E-state index >= 15 is 0 Å². The van der Waals surface area contributed by atoms with Gasteiger partial charge in [0.05, 0.1) is 6.04 Å². The third-order valence-corrected chi connectivity index (χ3v) is 3.73. The molecule has 0 heterocycles. The second-order valence-electron chi connectivity index (χ2n) is 4.80. The van der Waals surface area contributed by atoms with Crippen LogP contribution in [0.2, 0.25) is 0 Å². The van der Waals surface area contributed by atoms with Gasteiger partial charge in [-0.05, 0) is 48.5 Å². The zero-order chi connectivity index (χ0) is 16.9. The van der Waals surface area contributed by atoms with Crippen LogP contribution in [0.1, 0.15) is 18.5 Å². The van der Waals surface area contributed by atoms with Gasteiger partial charge in [-0.15, -0.1) is 0 Å². The maximum Gasteiger partial charge on any atom is 0.446 e. The summed E-state index contributed by atoms with van der Waals surface area (Å²) in [5.41, 5.74) is -2.94. The van der Waals surface area contributed by atoms with Crippen molar-refractivity contribution in [3.8, 4) is 0 Å². The molecule has 2 aromatic rings. The second-order valence-corrected chi connectivity index (χ2v) is 5.94. The molecule has 122 valence electrons. The largest absolute Gasteiger partial charge is 0.446 e. The van der Waals surface area contributed by atoms with Crippen LogP contribution in [0.3, 0.4) is 0 Å². The number of thioether (sulfide) groups is 1. The molecule has 1 unspecified atom stereocenters. The van der Waals surface area contributed by atoms with Crippen LogP contribution in [0.4, 0.5) is 23.7 Å². The van der Waals surface area contributed by atoms with Gasteiger partial charge in [0.25, 0.3) is 0 Å². The molecule has 0 fully saturated rings. The molecule has 1 atom stereocenters. The standard InChI is InChI=1S/C16H15F3N2OS/c1-11(12-5-3-2-4-6-12)20-15(22)21-13-7-9-14(10-8-13)23-16(17,18)19/h2-11H,1H3,(H2,20,21,22). The van der Waals surface area contributed by atoms with Crippen LogP contribution in [0.15, 0.2) is 59.5 Å². The lowest BCUT2D eigenvalue weighted by molar-refractivity contribution is -0.0328. The van der Waals surface area contributed by atoms with Crippen LogP contribution in [0.5, 0.6) is 0 Å². The van der Waals surface area contributed by atoms with E-state index in [1.54, 1.807) is 0 Å². The van der Waals surface area contributed by atoms with Gasteiger partial charge in [-0.2, -0.15) is 13.2 Å². The summed E-state index contributed by atoms with van der Waals surface area (Å²) in [6.45, 7) is 1.85. The van der Waals surface area contributed by atoms with Crippen molar-refractivity contribution >= 4 is 23.5 Å². The van der Waals surface area contributed by atoms with E-state index in [9.17, 15) is 18.0 Å². The summed E-state index contributed by atoms with van der Waals surface area (Å²) in [6, 6.07) is 14.3. The molecule has 3 nitrogen and oxygen atoms in total. The number of benzene rings is 2. The lowest BCUT2D eigenvalue weighted by atomic mass is 10.1. The van der Waals surface area contributed by atoms with Gasteiger partial charge in [0, 0.05) is 10.6 Å². The van der Waals surface area contributed by atoms with Crippen molar-refractivity contribution in [2.24, 2.45) is 0 Å². The summed E-state index contributed by atoms with van der Waals surface area (Å²) in [4.78, 5) is 12.0. The molecular formula is C16H15F3N2OS. The molecule has 0 aliphatic rings. The highest BCUT2D eigenvalue weighted by atomic mass is 32.2. The molecule has 2 rings (SSSR count). The number of alkyl halides is 3. The zero-order valence-corrected chi connectivity index (χ0v) is 13.0. The van der Waals surface area contributed by atoms with E-state index in [2.05, 4.69) is 10.6 Å². The number of carbonyl (C=O) groups is 1. The smallest absolute Gasteiger partial charge is 0.331 e. The molecule has 0 spiro atoms. The van der Waals surface area contributed by atoms with Gasteiger partial charge < -0.3 is 10.6 Å². The summed E-state index contributed by atoms with van der Waals surface area (Å²) in [5.74, 6) is 0. The highest BCUT2D eigenvalue weighted by Gasteiger charge is 2.29. The highest BCUT2D eigenvalue weighted by Crippen LogP contribution is 2.37. The zero-order valence-electron chi connectivity index (χ0n) is 12.2. The Kier molecular flexibility index (Phi) is 5.54. The Labute approximate surface area is 136 Å². The number of amides is 2. The Morgan fingerprint density at radius 1 is 1.04 bits per heavy atom. The monoisotopic (exact) mass is 340 g/mol. The van der Waals surface area contributed by atoms with E-state index in [4.69, 9.17) is 0 Å². The lowest BCUT2D eigenvalue weighted by Crippen LogP contribution is -2.31. The van der Waals surface area contributed by atoms with Crippen LogP contribution in [-0.2, 0) is 0 Å². The van der Waals surface area contributed by atoms with Crippen molar-refractivity contribution in [1.82, 2.24) is 5.32 Å². The number of nitrogens with one attached hydrogen (secondary N) is 2. The molecule has 2 N–H and O–H groups in total. The van der Waals surface area contributed by atoms with Crippen LogP contribution < -0.4 is 10.6 Å². The predicted octanol–water partition coefficient (Wildman–Crippen LogP) is 5.18. The van der Waals surface area contributed by atoms with Gasteiger partial charge in [0.2, 0.25) is 0 Å². The Balaban J connectivity index is 1.90. The van der Waals surface area contributed by atoms with Crippen molar-refractivity contribution in [2.45, 2.75) is 23.4 Å². The van der Waals surface area contributed by atoms with Gasteiger partial charge in [0.15, 0.2) is 0 Å². The van der Waals surface area contributed by atoms with Crippen molar-refractivity contribution in [2.75, 3.05) is 5.32 Å².